The standard InChI is InChI=1S/C22H23Cl2N7O10P2S2/c23-8-1-10-11(2-9(8)24)30(6-28-10)22-18-15(32)12(38-22)3-36-42(34,44)40-17-13(4-37-43(35,45)41-18)39-21(16(17)33)31-7-29-14-19(25)26-5-27-20(14)31/h1-2,5-7,12-13,15-18,21-22,32-33H,3-4H2,(H,34,44)(H,35,45)(H2,25,26,27)/t12-,13-,15+,16+,17?,18?,21-,22-,42?,43?/m1/s1. The lowest BCUT2D eigenvalue weighted by Crippen LogP contribution is -2.36. The molecule has 23 heteroatoms. The van der Waals surface area contributed by atoms with E-state index in [1.807, 2.05) is 0 Å². The SMILES string of the molecule is Nc1ncnc2c1ncn2[C@@H]1O[C@@H]2COP(O)(=S)OC3[C@@H](O)[C@@H](COP(=O)(S)OC2[C@@H]1O)O[C@H]3n1cnc2cc(Cl)c(Cl)cc21. The van der Waals surface area contributed by atoms with Crippen LogP contribution >= 0.6 is 49.0 Å². The van der Waals surface area contributed by atoms with Crippen LogP contribution in [0, 0.1) is 0 Å². The molecule has 5 N–H and O–H groups in total. The molecule has 3 aromatic heterocycles. The van der Waals surface area contributed by atoms with Crippen molar-refractivity contribution >= 4 is 88.8 Å². The lowest BCUT2D eigenvalue weighted by atomic mass is 10.1. The Hall–Kier alpha value is -1.51. The average molecular weight is 742 g/mol. The minimum Gasteiger partial charge on any atom is -0.387 e. The van der Waals surface area contributed by atoms with Crippen molar-refractivity contribution < 1.29 is 47.2 Å². The molecule has 242 valence electrons. The number of nitrogens with two attached hydrogens (primary N) is 1. The third-order valence-corrected chi connectivity index (χ3v) is 11.4. The zero-order valence-electron chi connectivity index (χ0n) is 22.4. The molecule has 4 aromatic rings. The maximum Gasteiger partial charge on any atom is 0.386 e. The van der Waals surface area contributed by atoms with E-state index in [9.17, 15) is 19.7 Å². The Kier molecular flexibility index (Phi) is 8.46. The maximum atomic E-state index is 13.4. The van der Waals surface area contributed by atoms with Gasteiger partial charge in [0.1, 0.15) is 48.5 Å². The Bertz CT molecular complexity index is 1890. The van der Waals surface area contributed by atoms with E-state index in [1.54, 1.807) is 12.1 Å². The number of ether oxygens (including phenoxy) is 2. The second-order valence-electron chi connectivity index (χ2n) is 10.3. The van der Waals surface area contributed by atoms with Gasteiger partial charge in [-0.05, 0) is 23.9 Å². The number of imidazole rings is 2. The minimum absolute atomic E-state index is 0.104. The number of thiol groups is 1. The summed E-state index contributed by atoms with van der Waals surface area (Å²) in [6.07, 6.45) is -6.44. The molecule has 0 radical (unpaired) electrons. The number of aliphatic hydroxyl groups is 2. The van der Waals surface area contributed by atoms with Gasteiger partial charge in [0.05, 0.1) is 46.9 Å². The molecule has 3 fully saturated rings. The van der Waals surface area contributed by atoms with Gasteiger partial charge in [0.25, 0.3) is 0 Å². The van der Waals surface area contributed by atoms with E-state index in [-0.39, 0.29) is 27.0 Å². The molecule has 4 unspecified atom stereocenters. The van der Waals surface area contributed by atoms with E-state index in [1.165, 1.54) is 28.1 Å². The second-order valence-corrected chi connectivity index (χ2v) is 16.8. The van der Waals surface area contributed by atoms with Gasteiger partial charge in [-0.2, -0.15) is 0 Å². The van der Waals surface area contributed by atoms with Crippen LogP contribution in [-0.4, -0.2) is 94.0 Å². The number of aromatic nitrogens is 6. The fourth-order valence-corrected chi connectivity index (χ4v) is 8.61. The third kappa shape index (κ3) is 5.92. The molecular weight excluding hydrogens is 719 g/mol. The van der Waals surface area contributed by atoms with E-state index in [0.29, 0.717) is 11.0 Å². The highest BCUT2D eigenvalue weighted by molar-refractivity contribution is 8.44. The number of rotatable bonds is 2. The molecule has 3 aliphatic rings. The Labute approximate surface area is 273 Å². The van der Waals surface area contributed by atoms with Gasteiger partial charge in [0.15, 0.2) is 23.9 Å². The van der Waals surface area contributed by atoms with Crippen molar-refractivity contribution in [2.24, 2.45) is 0 Å². The van der Waals surface area contributed by atoms with E-state index in [0.717, 1.165) is 0 Å². The van der Waals surface area contributed by atoms with Crippen LogP contribution in [0.4, 0.5) is 5.82 Å². The van der Waals surface area contributed by atoms with Crippen molar-refractivity contribution in [3.05, 3.63) is 41.2 Å². The van der Waals surface area contributed by atoms with Crippen LogP contribution in [0.15, 0.2) is 31.1 Å². The summed E-state index contributed by atoms with van der Waals surface area (Å²) < 4.78 is 51.0. The fraction of sp³-hybridized carbons (Fsp3) is 0.455. The topological polar surface area (TPSA) is 221 Å². The summed E-state index contributed by atoms with van der Waals surface area (Å²) in [6, 6.07) is 3.09. The highest BCUT2D eigenvalue weighted by Crippen LogP contribution is 2.58. The maximum absolute atomic E-state index is 13.4. The first kappa shape index (κ1) is 32.1. The predicted octanol–water partition coefficient (Wildman–Crippen LogP) is 2.35. The quantitative estimate of drug-likeness (QED) is 0.147. The van der Waals surface area contributed by atoms with Crippen LogP contribution in [0.25, 0.3) is 22.2 Å². The van der Waals surface area contributed by atoms with E-state index < -0.39 is 75.8 Å². The number of anilines is 1. The van der Waals surface area contributed by atoms with Gasteiger partial charge < -0.3 is 39.4 Å². The summed E-state index contributed by atoms with van der Waals surface area (Å²) in [5, 5.41) is 23.0. The molecule has 10 atom stereocenters. The summed E-state index contributed by atoms with van der Waals surface area (Å²) in [6.45, 7) is -9.46. The number of hydrogen-bond donors (Lipinski definition) is 5. The first-order chi connectivity index (χ1) is 21.3. The van der Waals surface area contributed by atoms with Gasteiger partial charge in [-0.3, -0.25) is 18.1 Å². The van der Waals surface area contributed by atoms with E-state index >= 15 is 0 Å². The molecule has 0 amide bonds. The Morgan fingerprint density at radius 1 is 0.933 bits per heavy atom. The Morgan fingerprint density at radius 2 is 1.64 bits per heavy atom. The van der Waals surface area contributed by atoms with Gasteiger partial charge in [-0.15, -0.1) is 0 Å². The summed E-state index contributed by atoms with van der Waals surface area (Å²) in [4.78, 5) is 27.7. The zero-order valence-corrected chi connectivity index (χ0v) is 27.4. The molecular formula is C22H23Cl2N7O10P2S2. The molecule has 2 bridgehead atoms. The summed E-state index contributed by atoms with van der Waals surface area (Å²) >= 11 is 21.8. The molecule has 45 heavy (non-hydrogen) atoms. The number of nitrogens with zero attached hydrogens (tertiary/aromatic N) is 6. The number of hydrogen-bond acceptors (Lipinski definition) is 15. The summed E-state index contributed by atoms with van der Waals surface area (Å²) in [7, 11) is 0. The molecule has 0 saturated carbocycles. The third-order valence-electron chi connectivity index (χ3n) is 7.49. The van der Waals surface area contributed by atoms with E-state index in [2.05, 4.69) is 32.2 Å². The second kappa shape index (κ2) is 11.9. The molecule has 7 rings (SSSR count). The number of fused-ring (bicyclic) bond motifs is 5. The minimum atomic E-state index is -4.28. The molecule has 17 nitrogen and oxygen atoms in total. The Morgan fingerprint density at radius 3 is 2.44 bits per heavy atom. The van der Waals surface area contributed by atoms with Crippen molar-refractivity contribution in [3.63, 3.8) is 0 Å². The first-order valence-corrected chi connectivity index (χ1v) is 19.1. The molecule has 1 aromatic carbocycles. The van der Waals surface area contributed by atoms with Crippen molar-refractivity contribution in [1.82, 2.24) is 29.1 Å². The number of aliphatic hydroxyl groups excluding tert-OH is 2. The fourth-order valence-electron chi connectivity index (χ4n) is 5.39. The van der Waals surface area contributed by atoms with Crippen LogP contribution < -0.4 is 5.73 Å². The van der Waals surface area contributed by atoms with Crippen LogP contribution in [0.3, 0.4) is 0 Å². The summed E-state index contributed by atoms with van der Waals surface area (Å²) in [5.41, 5.74) is 7.32. The largest absolute Gasteiger partial charge is 0.387 e. The number of benzene rings is 1. The van der Waals surface area contributed by atoms with Gasteiger partial charge in [0, 0.05) is 0 Å². The highest BCUT2D eigenvalue weighted by atomic mass is 35.5. The van der Waals surface area contributed by atoms with Crippen molar-refractivity contribution in [3.8, 4) is 0 Å². The van der Waals surface area contributed by atoms with E-state index in [4.69, 9.17) is 68.3 Å². The van der Waals surface area contributed by atoms with Gasteiger partial charge in [-0.25, -0.2) is 24.5 Å². The predicted molar refractivity (Wildman–Crippen MR) is 164 cm³/mol. The van der Waals surface area contributed by atoms with Crippen LogP contribution in [-0.2, 0) is 43.9 Å². The van der Waals surface area contributed by atoms with Crippen molar-refractivity contribution in [1.29, 1.82) is 0 Å². The van der Waals surface area contributed by atoms with Gasteiger partial charge in [-0.1, -0.05) is 35.5 Å². The molecule has 6 heterocycles. The highest BCUT2D eigenvalue weighted by Gasteiger charge is 2.52. The number of nitrogen functional groups attached to an aromatic ring is 1. The van der Waals surface area contributed by atoms with Crippen molar-refractivity contribution in [2.75, 3.05) is 18.9 Å². The monoisotopic (exact) mass is 741 g/mol. The molecule has 0 spiro atoms. The van der Waals surface area contributed by atoms with Gasteiger partial charge >= 0.3 is 13.5 Å². The smallest absolute Gasteiger partial charge is 0.386 e. The zero-order chi connectivity index (χ0) is 31.8. The Balaban J connectivity index is 1.20. The molecule has 3 saturated heterocycles. The number of halogens is 2. The van der Waals surface area contributed by atoms with Crippen LogP contribution in [0.5, 0.6) is 0 Å². The molecule has 3 aliphatic heterocycles. The average Bonchev–Trinajstić information content (AvgIpc) is 3.73. The van der Waals surface area contributed by atoms with Crippen LogP contribution in [0.1, 0.15) is 12.5 Å². The first-order valence-electron chi connectivity index (χ1n) is 13.0. The molecule has 0 aliphatic carbocycles. The van der Waals surface area contributed by atoms with Crippen molar-refractivity contribution in [2.45, 2.75) is 49.1 Å². The lowest BCUT2D eigenvalue weighted by molar-refractivity contribution is -0.0593. The van der Waals surface area contributed by atoms with Crippen LogP contribution in [0.2, 0.25) is 10.0 Å². The van der Waals surface area contributed by atoms with Gasteiger partial charge in [0.2, 0.25) is 0 Å². The summed E-state index contributed by atoms with van der Waals surface area (Å²) in [5.74, 6) is 0.104. The normalized spacial score (nSPS) is 37.7. The lowest BCUT2D eigenvalue weighted by Gasteiger charge is -2.27.